The molecule has 2 aliphatic rings. The minimum atomic E-state index is 0.0193. The normalized spacial score (nSPS) is 25.3. The fraction of sp³-hybridized carbons (Fsp3) is 0.524. The average Bonchev–Trinajstić information content (AvgIpc) is 2.69. The Bertz CT molecular complexity index is 809. The Hall–Kier alpha value is -2.14. The van der Waals surface area contributed by atoms with Gasteiger partial charge in [0.15, 0.2) is 0 Å². The summed E-state index contributed by atoms with van der Waals surface area (Å²) in [6.07, 6.45) is 5.29. The zero-order valence-corrected chi connectivity index (χ0v) is 15.4. The highest BCUT2D eigenvalue weighted by Gasteiger charge is 2.26. The Morgan fingerprint density at radius 1 is 1.12 bits per heavy atom. The van der Waals surface area contributed by atoms with Crippen molar-refractivity contribution in [1.29, 1.82) is 0 Å². The molecule has 1 N–H and O–H groups in total. The molecule has 0 spiro atoms. The van der Waals surface area contributed by atoms with Gasteiger partial charge in [0.05, 0.1) is 18.3 Å². The molecule has 0 amide bonds. The number of aromatic nitrogens is 2. The smallest absolute Gasteiger partial charge is 0.267 e. The number of hydrogen-bond acceptors (Lipinski definition) is 4. The molecule has 1 aliphatic heterocycles. The maximum Gasteiger partial charge on any atom is 0.267 e. The molecule has 4 rings (SSSR count). The van der Waals surface area contributed by atoms with Gasteiger partial charge in [0.2, 0.25) is 0 Å². The predicted octanol–water partition coefficient (Wildman–Crippen LogP) is 3.19. The summed E-state index contributed by atoms with van der Waals surface area (Å²) in [5.41, 5.74) is 2.25. The standard InChI is InChI=1S/C21H27N3O2/c1-15-6-11-21(25)24(23-15)18-9-7-17(8-10-18)22-14-16-12-13-26-20-5-3-2-4-19(16)20/h2-6,11,16-18,22H,7-10,12-14H2,1H3. The van der Waals surface area contributed by atoms with Gasteiger partial charge >= 0.3 is 0 Å². The highest BCUT2D eigenvalue weighted by molar-refractivity contribution is 5.37. The van der Waals surface area contributed by atoms with Gasteiger partial charge in [-0.05, 0) is 56.7 Å². The van der Waals surface area contributed by atoms with Gasteiger partial charge in [0.25, 0.3) is 5.56 Å². The first-order chi connectivity index (χ1) is 12.7. The van der Waals surface area contributed by atoms with Crippen LogP contribution < -0.4 is 15.6 Å². The predicted molar refractivity (Wildman–Crippen MR) is 102 cm³/mol. The van der Waals surface area contributed by atoms with Crippen LogP contribution in [0, 0.1) is 6.92 Å². The molecule has 0 saturated heterocycles. The molecule has 138 valence electrons. The lowest BCUT2D eigenvalue weighted by Crippen LogP contribution is -2.39. The average molecular weight is 353 g/mol. The van der Waals surface area contributed by atoms with Crippen molar-refractivity contribution in [3.63, 3.8) is 0 Å². The van der Waals surface area contributed by atoms with Crippen LogP contribution in [0.1, 0.15) is 55.3 Å². The summed E-state index contributed by atoms with van der Waals surface area (Å²) in [4.78, 5) is 12.1. The molecular weight excluding hydrogens is 326 g/mol. The van der Waals surface area contributed by atoms with E-state index in [1.54, 1.807) is 16.8 Å². The van der Waals surface area contributed by atoms with E-state index in [2.05, 4.69) is 28.6 Å². The molecule has 26 heavy (non-hydrogen) atoms. The first-order valence-electron chi connectivity index (χ1n) is 9.72. The van der Waals surface area contributed by atoms with E-state index in [-0.39, 0.29) is 11.6 Å². The van der Waals surface area contributed by atoms with Crippen LogP contribution in [0.3, 0.4) is 0 Å². The Morgan fingerprint density at radius 2 is 1.92 bits per heavy atom. The van der Waals surface area contributed by atoms with Crippen molar-refractivity contribution < 1.29 is 4.74 Å². The number of para-hydroxylation sites is 1. The molecule has 2 heterocycles. The Labute approximate surface area is 154 Å². The molecule has 1 unspecified atom stereocenters. The molecule has 1 fully saturated rings. The van der Waals surface area contributed by atoms with Crippen molar-refractivity contribution >= 4 is 0 Å². The fourth-order valence-corrected chi connectivity index (χ4v) is 4.24. The van der Waals surface area contributed by atoms with Gasteiger partial charge in [-0.15, -0.1) is 0 Å². The van der Waals surface area contributed by atoms with E-state index in [1.807, 2.05) is 13.0 Å². The first kappa shape index (κ1) is 17.3. The van der Waals surface area contributed by atoms with E-state index in [1.165, 1.54) is 5.56 Å². The number of ether oxygens (including phenoxy) is 1. The van der Waals surface area contributed by atoms with Crippen molar-refractivity contribution in [2.45, 2.75) is 57.0 Å². The van der Waals surface area contributed by atoms with E-state index >= 15 is 0 Å². The summed E-state index contributed by atoms with van der Waals surface area (Å²) in [6, 6.07) is 12.6. The van der Waals surface area contributed by atoms with Crippen molar-refractivity contribution in [2.75, 3.05) is 13.2 Å². The Kier molecular flexibility index (Phi) is 5.07. The van der Waals surface area contributed by atoms with Crippen molar-refractivity contribution in [3.05, 3.63) is 58.0 Å². The molecule has 1 saturated carbocycles. The maximum atomic E-state index is 12.1. The Balaban J connectivity index is 1.32. The minimum absolute atomic E-state index is 0.0193. The van der Waals surface area contributed by atoms with E-state index in [9.17, 15) is 4.79 Å². The van der Waals surface area contributed by atoms with E-state index in [0.29, 0.717) is 12.0 Å². The highest BCUT2D eigenvalue weighted by Crippen LogP contribution is 2.33. The molecule has 1 aliphatic carbocycles. The monoisotopic (exact) mass is 353 g/mol. The molecular formula is C21H27N3O2. The molecule has 5 nitrogen and oxygen atoms in total. The number of nitrogens with one attached hydrogen (secondary N) is 1. The summed E-state index contributed by atoms with van der Waals surface area (Å²) < 4.78 is 7.46. The third-order valence-corrected chi connectivity index (χ3v) is 5.74. The van der Waals surface area contributed by atoms with Crippen molar-refractivity contribution in [2.24, 2.45) is 0 Å². The largest absolute Gasteiger partial charge is 0.493 e. The van der Waals surface area contributed by atoms with Crippen LogP contribution >= 0.6 is 0 Å². The second-order valence-electron chi connectivity index (χ2n) is 7.54. The van der Waals surface area contributed by atoms with Gasteiger partial charge in [-0.1, -0.05) is 18.2 Å². The van der Waals surface area contributed by atoms with Crippen molar-refractivity contribution in [3.8, 4) is 5.75 Å². The van der Waals surface area contributed by atoms with E-state index < -0.39 is 0 Å². The van der Waals surface area contributed by atoms with Crippen LogP contribution in [0.5, 0.6) is 5.75 Å². The first-order valence-corrected chi connectivity index (χ1v) is 9.72. The number of fused-ring (bicyclic) bond motifs is 1. The molecule has 2 aromatic rings. The summed E-state index contributed by atoms with van der Waals surface area (Å²) in [7, 11) is 0. The van der Waals surface area contributed by atoms with Crippen LogP contribution in [0.2, 0.25) is 0 Å². The van der Waals surface area contributed by atoms with Gasteiger partial charge < -0.3 is 10.1 Å². The van der Waals surface area contributed by atoms with E-state index in [0.717, 1.165) is 56.7 Å². The molecule has 1 atom stereocenters. The molecule has 0 bridgehead atoms. The second kappa shape index (κ2) is 7.62. The minimum Gasteiger partial charge on any atom is -0.493 e. The third kappa shape index (κ3) is 3.68. The zero-order valence-electron chi connectivity index (χ0n) is 15.4. The van der Waals surface area contributed by atoms with Crippen LogP contribution in [0.4, 0.5) is 0 Å². The van der Waals surface area contributed by atoms with Gasteiger partial charge in [-0.2, -0.15) is 5.10 Å². The number of rotatable bonds is 4. The second-order valence-corrected chi connectivity index (χ2v) is 7.54. The van der Waals surface area contributed by atoms with Gasteiger partial charge in [-0.25, -0.2) is 4.68 Å². The molecule has 1 aromatic carbocycles. The van der Waals surface area contributed by atoms with Crippen LogP contribution in [0.15, 0.2) is 41.2 Å². The molecule has 1 aromatic heterocycles. The van der Waals surface area contributed by atoms with E-state index in [4.69, 9.17) is 4.74 Å². The van der Waals surface area contributed by atoms with Crippen LogP contribution in [0.25, 0.3) is 0 Å². The van der Waals surface area contributed by atoms with Crippen LogP contribution in [-0.2, 0) is 0 Å². The quantitative estimate of drug-likeness (QED) is 0.917. The number of nitrogens with zero attached hydrogens (tertiary/aromatic N) is 2. The lowest BCUT2D eigenvalue weighted by molar-refractivity contribution is 0.244. The topological polar surface area (TPSA) is 56.2 Å². The SMILES string of the molecule is Cc1ccc(=O)n(C2CCC(NCC3CCOc4ccccc43)CC2)n1. The molecule has 0 radical (unpaired) electrons. The number of hydrogen-bond donors (Lipinski definition) is 1. The summed E-state index contributed by atoms with van der Waals surface area (Å²) in [5.74, 6) is 1.57. The molecule has 5 heteroatoms. The number of benzene rings is 1. The van der Waals surface area contributed by atoms with Gasteiger partial charge in [-0.3, -0.25) is 4.79 Å². The lowest BCUT2D eigenvalue weighted by Gasteiger charge is -2.32. The summed E-state index contributed by atoms with van der Waals surface area (Å²) in [5, 5.41) is 8.20. The Morgan fingerprint density at radius 3 is 2.77 bits per heavy atom. The van der Waals surface area contributed by atoms with Gasteiger partial charge in [0.1, 0.15) is 5.75 Å². The highest BCUT2D eigenvalue weighted by atomic mass is 16.5. The lowest BCUT2D eigenvalue weighted by atomic mass is 9.89. The third-order valence-electron chi connectivity index (χ3n) is 5.74. The summed E-state index contributed by atoms with van der Waals surface area (Å²) in [6.45, 7) is 3.74. The van der Waals surface area contributed by atoms with Crippen molar-refractivity contribution in [1.82, 2.24) is 15.1 Å². The summed E-state index contributed by atoms with van der Waals surface area (Å²) >= 11 is 0. The zero-order chi connectivity index (χ0) is 17.9. The van der Waals surface area contributed by atoms with Gasteiger partial charge in [0, 0.05) is 24.6 Å². The maximum absolute atomic E-state index is 12.1. The van der Waals surface area contributed by atoms with Crippen LogP contribution in [-0.4, -0.2) is 29.0 Å². The number of aryl methyl sites for hydroxylation is 1. The fourth-order valence-electron chi connectivity index (χ4n) is 4.24.